The molecule has 16 heavy (non-hydrogen) atoms. The summed E-state index contributed by atoms with van der Waals surface area (Å²) < 4.78 is 28.4. The fraction of sp³-hybridized carbons (Fsp3) is 0.600. The van der Waals surface area contributed by atoms with Crippen LogP contribution in [-0.2, 0) is 17.1 Å². The van der Waals surface area contributed by atoms with E-state index in [1.807, 2.05) is 0 Å². The third-order valence-corrected chi connectivity index (χ3v) is 4.24. The SMILES string of the molecule is Cn1ccc(S(=O)(=O)NC2CCCNC2)c1. The highest BCUT2D eigenvalue weighted by molar-refractivity contribution is 7.89. The van der Waals surface area contributed by atoms with Gasteiger partial charge in [-0.05, 0) is 25.5 Å². The summed E-state index contributed by atoms with van der Waals surface area (Å²) in [5.41, 5.74) is 0. The Morgan fingerprint density at radius 2 is 2.38 bits per heavy atom. The number of sulfonamides is 1. The van der Waals surface area contributed by atoms with Gasteiger partial charge in [0, 0.05) is 32.0 Å². The summed E-state index contributed by atoms with van der Waals surface area (Å²) in [5, 5.41) is 3.18. The van der Waals surface area contributed by atoms with Gasteiger partial charge in [0.25, 0.3) is 0 Å². The number of nitrogens with zero attached hydrogens (tertiary/aromatic N) is 1. The molecule has 1 aliphatic heterocycles. The van der Waals surface area contributed by atoms with E-state index in [0.717, 1.165) is 19.4 Å². The van der Waals surface area contributed by atoms with Crippen LogP contribution in [0.4, 0.5) is 0 Å². The molecule has 6 heteroatoms. The third kappa shape index (κ3) is 2.63. The molecule has 0 saturated carbocycles. The largest absolute Gasteiger partial charge is 0.356 e. The van der Waals surface area contributed by atoms with Gasteiger partial charge in [-0.2, -0.15) is 0 Å². The molecular formula is C10H17N3O2S. The molecule has 0 radical (unpaired) electrons. The Bertz CT molecular complexity index is 446. The molecule has 1 unspecified atom stereocenters. The molecule has 0 bridgehead atoms. The lowest BCUT2D eigenvalue weighted by Crippen LogP contribution is -2.45. The van der Waals surface area contributed by atoms with E-state index in [4.69, 9.17) is 0 Å². The molecule has 2 rings (SSSR count). The van der Waals surface area contributed by atoms with Crippen LogP contribution in [0.1, 0.15) is 12.8 Å². The molecule has 2 N–H and O–H groups in total. The normalized spacial score (nSPS) is 22.2. The van der Waals surface area contributed by atoms with Crippen LogP contribution in [0.15, 0.2) is 23.4 Å². The Morgan fingerprint density at radius 1 is 1.56 bits per heavy atom. The molecule has 1 fully saturated rings. The molecule has 0 aliphatic carbocycles. The Balaban J connectivity index is 2.07. The number of nitrogens with one attached hydrogen (secondary N) is 2. The van der Waals surface area contributed by atoms with E-state index in [1.54, 1.807) is 30.1 Å². The van der Waals surface area contributed by atoms with Gasteiger partial charge in [-0.3, -0.25) is 0 Å². The maximum Gasteiger partial charge on any atom is 0.242 e. The molecule has 1 saturated heterocycles. The van der Waals surface area contributed by atoms with E-state index in [1.165, 1.54) is 0 Å². The predicted molar refractivity (Wildman–Crippen MR) is 61.6 cm³/mol. The third-order valence-electron chi connectivity index (χ3n) is 2.73. The van der Waals surface area contributed by atoms with Crippen molar-refractivity contribution in [3.63, 3.8) is 0 Å². The van der Waals surface area contributed by atoms with Crippen LogP contribution in [0.5, 0.6) is 0 Å². The van der Waals surface area contributed by atoms with Crippen LogP contribution < -0.4 is 10.0 Å². The monoisotopic (exact) mass is 243 g/mol. The number of hydrogen-bond donors (Lipinski definition) is 2. The van der Waals surface area contributed by atoms with Crippen LogP contribution >= 0.6 is 0 Å². The average molecular weight is 243 g/mol. The molecule has 2 heterocycles. The van der Waals surface area contributed by atoms with Crippen LogP contribution in [0, 0.1) is 0 Å². The number of aromatic nitrogens is 1. The molecule has 1 aromatic heterocycles. The Hall–Kier alpha value is -0.850. The maximum absolute atomic E-state index is 12.0. The topological polar surface area (TPSA) is 63.1 Å². The van der Waals surface area contributed by atoms with E-state index in [9.17, 15) is 8.42 Å². The van der Waals surface area contributed by atoms with Crippen LogP contribution in [0.3, 0.4) is 0 Å². The van der Waals surface area contributed by atoms with Crippen molar-refractivity contribution >= 4 is 10.0 Å². The minimum Gasteiger partial charge on any atom is -0.356 e. The molecule has 90 valence electrons. The molecule has 0 amide bonds. The molecular weight excluding hydrogens is 226 g/mol. The summed E-state index contributed by atoms with van der Waals surface area (Å²) in [6.07, 6.45) is 5.26. The van der Waals surface area contributed by atoms with E-state index >= 15 is 0 Å². The van der Waals surface area contributed by atoms with Gasteiger partial charge in [-0.15, -0.1) is 0 Å². The zero-order chi connectivity index (χ0) is 11.6. The molecule has 0 spiro atoms. The van der Waals surface area contributed by atoms with Gasteiger partial charge in [0.1, 0.15) is 0 Å². The lowest BCUT2D eigenvalue weighted by molar-refractivity contribution is 0.428. The quantitative estimate of drug-likeness (QED) is 0.789. The summed E-state index contributed by atoms with van der Waals surface area (Å²) in [5.74, 6) is 0. The van der Waals surface area contributed by atoms with Crippen molar-refractivity contribution in [2.45, 2.75) is 23.8 Å². The maximum atomic E-state index is 12.0. The summed E-state index contributed by atoms with van der Waals surface area (Å²) >= 11 is 0. The number of hydrogen-bond acceptors (Lipinski definition) is 3. The molecule has 1 aromatic rings. The Kier molecular flexibility index (Phi) is 3.32. The van der Waals surface area contributed by atoms with Crippen molar-refractivity contribution in [3.8, 4) is 0 Å². The van der Waals surface area contributed by atoms with Gasteiger partial charge >= 0.3 is 0 Å². The number of piperidine rings is 1. The Labute approximate surface area is 95.9 Å². The standard InChI is InChI=1S/C10H17N3O2S/c1-13-6-4-10(8-13)16(14,15)12-9-3-2-5-11-7-9/h4,6,8-9,11-12H,2-3,5,7H2,1H3. The summed E-state index contributed by atoms with van der Waals surface area (Å²) in [4.78, 5) is 0.334. The van der Waals surface area contributed by atoms with E-state index in [2.05, 4.69) is 10.0 Å². The van der Waals surface area contributed by atoms with E-state index in [0.29, 0.717) is 11.4 Å². The second-order valence-corrected chi connectivity index (χ2v) is 5.89. The molecule has 1 aliphatic rings. The van der Waals surface area contributed by atoms with Crippen molar-refractivity contribution in [1.82, 2.24) is 14.6 Å². The zero-order valence-electron chi connectivity index (χ0n) is 9.31. The summed E-state index contributed by atoms with van der Waals surface area (Å²) in [6, 6.07) is 1.62. The fourth-order valence-corrected chi connectivity index (χ4v) is 3.20. The van der Waals surface area contributed by atoms with Crippen LogP contribution in [0.25, 0.3) is 0 Å². The molecule has 1 atom stereocenters. The predicted octanol–water partition coefficient (Wildman–Crippen LogP) is 0.0554. The highest BCUT2D eigenvalue weighted by atomic mass is 32.2. The van der Waals surface area contributed by atoms with Gasteiger partial charge in [0.15, 0.2) is 0 Å². The smallest absolute Gasteiger partial charge is 0.242 e. The van der Waals surface area contributed by atoms with Crippen LogP contribution in [0.2, 0.25) is 0 Å². The first-order chi connectivity index (χ1) is 7.58. The summed E-state index contributed by atoms with van der Waals surface area (Å²) in [7, 11) is -1.54. The first-order valence-electron chi connectivity index (χ1n) is 5.43. The first kappa shape index (κ1) is 11.6. The average Bonchev–Trinajstić information content (AvgIpc) is 2.66. The van der Waals surface area contributed by atoms with Crippen molar-refractivity contribution in [2.24, 2.45) is 7.05 Å². The van der Waals surface area contributed by atoms with Crippen LogP contribution in [-0.4, -0.2) is 32.1 Å². The van der Waals surface area contributed by atoms with E-state index in [-0.39, 0.29) is 6.04 Å². The van der Waals surface area contributed by atoms with Crippen molar-refractivity contribution in [3.05, 3.63) is 18.5 Å². The van der Waals surface area contributed by atoms with Gasteiger partial charge < -0.3 is 9.88 Å². The zero-order valence-corrected chi connectivity index (χ0v) is 10.1. The second-order valence-electron chi connectivity index (χ2n) is 4.18. The molecule has 5 nitrogen and oxygen atoms in total. The molecule has 0 aromatic carbocycles. The number of rotatable bonds is 3. The van der Waals surface area contributed by atoms with E-state index < -0.39 is 10.0 Å². The van der Waals surface area contributed by atoms with Gasteiger partial charge in [0.2, 0.25) is 10.0 Å². The summed E-state index contributed by atoms with van der Waals surface area (Å²) in [6.45, 7) is 1.69. The minimum absolute atomic E-state index is 0.0129. The first-order valence-corrected chi connectivity index (χ1v) is 6.91. The van der Waals surface area contributed by atoms with Gasteiger partial charge in [0.05, 0.1) is 4.90 Å². The lowest BCUT2D eigenvalue weighted by atomic mass is 10.1. The number of aryl methyl sites for hydroxylation is 1. The minimum atomic E-state index is -3.35. The Morgan fingerprint density at radius 3 is 2.94 bits per heavy atom. The van der Waals surface area contributed by atoms with Crippen molar-refractivity contribution in [1.29, 1.82) is 0 Å². The second kappa shape index (κ2) is 4.57. The van der Waals surface area contributed by atoms with Crippen molar-refractivity contribution < 1.29 is 8.42 Å². The van der Waals surface area contributed by atoms with Gasteiger partial charge in [-0.1, -0.05) is 0 Å². The van der Waals surface area contributed by atoms with Gasteiger partial charge in [-0.25, -0.2) is 13.1 Å². The van der Waals surface area contributed by atoms with Crippen molar-refractivity contribution in [2.75, 3.05) is 13.1 Å². The highest BCUT2D eigenvalue weighted by Gasteiger charge is 2.21. The highest BCUT2D eigenvalue weighted by Crippen LogP contribution is 2.11. The lowest BCUT2D eigenvalue weighted by Gasteiger charge is -2.23. The fourth-order valence-electron chi connectivity index (χ4n) is 1.88.